The third-order valence-electron chi connectivity index (χ3n) is 3.20. The molecule has 0 spiro atoms. The molecule has 0 amide bonds. The molecule has 0 aromatic carbocycles. The molecule has 17 heavy (non-hydrogen) atoms. The minimum absolute atomic E-state index is 0.186. The number of hydrogen-bond acceptors (Lipinski definition) is 4. The first kappa shape index (κ1) is 12.3. The van der Waals surface area contributed by atoms with Crippen molar-refractivity contribution in [3.63, 3.8) is 0 Å². The van der Waals surface area contributed by atoms with Gasteiger partial charge in [0, 0.05) is 20.1 Å². The Morgan fingerprint density at radius 3 is 2.59 bits per heavy atom. The summed E-state index contributed by atoms with van der Waals surface area (Å²) in [6.07, 6.45) is 1.37. The highest BCUT2D eigenvalue weighted by Gasteiger charge is 2.24. The van der Waals surface area contributed by atoms with Crippen LogP contribution in [0, 0.1) is 6.92 Å². The zero-order valence-corrected chi connectivity index (χ0v) is 11.0. The lowest BCUT2D eigenvalue weighted by Gasteiger charge is -2.31. The van der Waals surface area contributed by atoms with Gasteiger partial charge in [-0.25, -0.2) is 0 Å². The molecule has 1 aliphatic rings. The molecule has 5 nitrogen and oxygen atoms in total. The summed E-state index contributed by atoms with van der Waals surface area (Å²) in [5, 5.41) is 13.9. The number of anilines is 1. The summed E-state index contributed by atoms with van der Waals surface area (Å²) in [5.74, 6) is 0.974. The average molecular weight is 254 g/mol. The van der Waals surface area contributed by atoms with E-state index in [0.29, 0.717) is 4.99 Å². The summed E-state index contributed by atoms with van der Waals surface area (Å²) < 4.78 is 1.82. The van der Waals surface area contributed by atoms with Gasteiger partial charge in [-0.05, 0) is 19.8 Å². The lowest BCUT2D eigenvalue weighted by atomic mass is 10.1. The summed E-state index contributed by atoms with van der Waals surface area (Å²) in [6.45, 7) is 3.54. The molecule has 0 aliphatic carbocycles. The molecule has 0 radical (unpaired) electrons. The average Bonchev–Trinajstić information content (AvgIpc) is 2.55. The minimum Gasteiger partial charge on any atom is -0.393 e. The van der Waals surface area contributed by atoms with E-state index >= 15 is 0 Å². The van der Waals surface area contributed by atoms with Crippen molar-refractivity contribution >= 4 is 23.0 Å². The van der Waals surface area contributed by atoms with E-state index in [2.05, 4.69) is 10.00 Å². The molecule has 1 aliphatic heterocycles. The molecule has 3 N–H and O–H groups in total. The zero-order chi connectivity index (χ0) is 12.6. The van der Waals surface area contributed by atoms with Crippen LogP contribution in [0.3, 0.4) is 0 Å². The summed E-state index contributed by atoms with van der Waals surface area (Å²) in [5.41, 5.74) is 7.49. The number of piperidine rings is 1. The second-order valence-corrected chi connectivity index (χ2v) is 4.93. The molecule has 0 atom stereocenters. The Bertz CT molecular complexity index is 435. The number of nitrogens with zero attached hydrogens (tertiary/aromatic N) is 3. The van der Waals surface area contributed by atoms with Crippen molar-refractivity contribution in [3.05, 3.63) is 11.3 Å². The van der Waals surface area contributed by atoms with Gasteiger partial charge in [-0.3, -0.25) is 4.68 Å². The van der Waals surface area contributed by atoms with Gasteiger partial charge in [0.1, 0.15) is 10.8 Å². The van der Waals surface area contributed by atoms with E-state index in [-0.39, 0.29) is 6.10 Å². The van der Waals surface area contributed by atoms with E-state index in [4.69, 9.17) is 18.0 Å². The molecule has 6 heteroatoms. The molecule has 1 fully saturated rings. The highest BCUT2D eigenvalue weighted by atomic mass is 32.1. The van der Waals surface area contributed by atoms with E-state index < -0.39 is 0 Å². The van der Waals surface area contributed by atoms with Gasteiger partial charge in [0.15, 0.2) is 0 Å². The summed E-state index contributed by atoms with van der Waals surface area (Å²) >= 11 is 5.09. The van der Waals surface area contributed by atoms with Crippen molar-refractivity contribution in [2.24, 2.45) is 12.8 Å². The lowest BCUT2D eigenvalue weighted by Crippen LogP contribution is -2.38. The monoisotopic (exact) mass is 254 g/mol. The van der Waals surface area contributed by atoms with Crippen molar-refractivity contribution in [3.8, 4) is 0 Å². The van der Waals surface area contributed by atoms with Crippen molar-refractivity contribution in [1.82, 2.24) is 9.78 Å². The number of thiocarbonyl (C=S) groups is 1. The van der Waals surface area contributed by atoms with E-state index in [9.17, 15) is 5.11 Å². The predicted molar refractivity (Wildman–Crippen MR) is 71.3 cm³/mol. The fourth-order valence-corrected chi connectivity index (χ4v) is 2.61. The van der Waals surface area contributed by atoms with Gasteiger partial charge in [0.2, 0.25) is 0 Å². The normalized spacial score (nSPS) is 17.5. The Kier molecular flexibility index (Phi) is 3.35. The van der Waals surface area contributed by atoms with Crippen molar-refractivity contribution in [1.29, 1.82) is 0 Å². The predicted octanol–water partition coefficient (Wildman–Crippen LogP) is 0.324. The van der Waals surface area contributed by atoms with Crippen LogP contribution in [0.15, 0.2) is 0 Å². The second-order valence-electron chi connectivity index (χ2n) is 4.49. The van der Waals surface area contributed by atoms with E-state index in [1.807, 2.05) is 18.7 Å². The Balaban J connectivity index is 2.34. The van der Waals surface area contributed by atoms with E-state index in [0.717, 1.165) is 43.0 Å². The van der Waals surface area contributed by atoms with Gasteiger partial charge in [0.05, 0.1) is 17.4 Å². The molecule has 0 saturated carbocycles. The molecule has 0 bridgehead atoms. The summed E-state index contributed by atoms with van der Waals surface area (Å²) in [7, 11) is 1.90. The van der Waals surface area contributed by atoms with Gasteiger partial charge in [0.25, 0.3) is 0 Å². The van der Waals surface area contributed by atoms with E-state index in [1.165, 1.54) is 0 Å². The third kappa shape index (κ3) is 2.28. The van der Waals surface area contributed by atoms with Crippen molar-refractivity contribution in [2.45, 2.75) is 25.9 Å². The molecular weight excluding hydrogens is 236 g/mol. The molecule has 94 valence electrons. The van der Waals surface area contributed by atoms with Crippen LogP contribution in [-0.4, -0.2) is 39.1 Å². The number of aryl methyl sites for hydroxylation is 2. The van der Waals surface area contributed by atoms with Crippen molar-refractivity contribution in [2.75, 3.05) is 18.0 Å². The molecular formula is C11H18N4OS. The Labute approximate surface area is 106 Å². The largest absolute Gasteiger partial charge is 0.393 e. The number of hydrogen-bond donors (Lipinski definition) is 2. The number of aromatic nitrogens is 2. The smallest absolute Gasteiger partial charge is 0.137 e. The van der Waals surface area contributed by atoms with Gasteiger partial charge < -0.3 is 15.7 Å². The number of aliphatic hydroxyl groups excluding tert-OH is 1. The van der Waals surface area contributed by atoms with Crippen LogP contribution in [0.4, 0.5) is 5.82 Å². The van der Waals surface area contributed by atoms with Crippen LogP contribution < -0.4 is 10.6 Å². The Hall–Kier alpha value is -1.14. The van der Waals surface area contributed by atoms with Gasteiger partial charge in [-0.2, -0.15) is 5.10 Å². The molecule has 1 aromatic rings. The van der Waals surface area contributed by atoms with E-state index in [1.54, 1.807) is 0 Å². The number of aliphatic hydroxyl groups is 1. The lowest BCUT2D eigenvalue weighted by molar-refractivity contribution is 0.145. The first-order valence-electron chi connectivity index (χ1n) is 5.77. The molecule has 2 heterocycles. The number of nitrogens with two attached hydrogens (primary N) is 1. The highest BCUT2D eigenvalue weighted by molar-refractivity contribution is 7.80. The number of rotatable bonds is 2. The quantitative estimate of drug-likeness (QED) is 0.744. The van der Waals surface area contributed by atoms with Crippen LogP contribution in [0.2, 0.25) is 0 Å². The fraction of sp³-hybridized carbons (Fsp3) is 0.636. The molecule has 2 rings (SSSR count). The Morgan fingerprint density at radius 1 is 1.47 bits per heavy atom. The molecule has 0 unspecified atom stereocenters. The Morgan fingerprint density at radius 2 is 2.06 bits per heavy atom. The first-order chi connectivity index (χ1) is 8.00. The maximum atomic E-state index is 9.53. The summed E-state index contributed by atoms with van der Waals surface area (Å²) in [6, 6.07) is 0. The van der Waals surface area contributed by atoms with Crippen molar-refractivity contribution < 1.29 is 5.11 Å². The maximum absolute atomic E-state index is 9.53. The summed E-state index contributed by atoms with van der Waals surface area (Å²) in [4.78, 5) is 2.58. The van der Waals surface area contributed by atoms with Crippen LogP contribution >= 0.6 is 12.2 Å². The first-order valence-corrected chi connectivity index (χ1v) is 6.18. The van der Waals surface area contributed by atoms with Gasteiger partial charge >= 0.3 is 0 Å². The topological polar surface area (TPSA) is 67.3 Å². The van der Waals surface area contributed by atoms with Crippen LogP contribution in [0.1, 0.15) is 24.1 Å². The third-order valence-corrected chi connectivity index (χ3v) is 3.41. The maximum Gasteiger partial charge on any atom is 0.137 e. The highest BCUT2D eigenvalue weighted by Crippen LogP contribution is 2.26. The zero-order valence-electron chi connectivity index (χ0n) is 10.2. The van der Waals surface area contributed by atoms with Gasteiger partial charge in [-0.15, -0.1) is 0 Å². The van der Waals surface area contributed by atoms with Crippen LogP contribution in [0.5, 0.6) is 0 Å². The standard InChI is InChI=1S/C11H18N4OS/c1-7-9(10(12)17)11(14(2)13-7)15-5-3-8(16)4-6-15/h8,16H,3-6H2,1-2H3,(H2,12,17). The molecule has 1 saturated heterocycles. The van der Waals surface area contributed by atoms with Gasteiger partial charge in [-0.1, -0.05) is 12.2 Å². The second kappa shape index (κ2) is 4.62. The van der Waals surface area contributed by atoms with Crippen LogP contribution in [0.25, 0.3) is 0 Å². The molecule has 1 aromatic heterocycles. The SMILES string of the molecule is Cc1nn(C)c(N2CCC(O)CC2)c1C(N)=S. The minimum atomic E-state index is -0.186. The van der Waals surface area contributed by atoms with Crippen LogP contribution in [-0.2, 0) is 7.05 Å². The fourth-order valence-electron chi connectivity index (χ4n) is 2.37.